The second kappa shape index (κ2) is 7.82. The summed E-state index contributed by atoms with van der Waals surface area (Å²) >= 11 is 0. The third kappa shape index (κ3) is 4.30. The number of furan rings is 1. The lowest BCUT2D eigenvalue weighted by molar-refractivity contribution is 0.0830. The van der Waals surface area contributed by atoms with E-state index in [1.165, 1.54) is 0 Å². The molecule has 1 unspecified atom stereocenters. The van der Waals surface area contributed by atoms with Crippen LogP contribution in [-0.4, -0.2) is 49.1 Å². The molecule has 0 saturated carbocycles. The zero-order valence-electron chi connectivity index (χ0n) is 15.7. The number of nitrogens with zero attached hydrogens (tertiary/aromatic N) is 1. The number of likely N-dealkylation sites (N-methyl/N-ethyl adjacent to an activating group) is 1. The fraction of sp³-hybridized carbons (Fsp3) is 0.286. The largest absolute Gasteiger partial charge is 0.491 e. The van der Waals surface area contributed by atoms with Gasteiger partial charge in [0.2, 0.25) is 0 Å². The van der Waals surface area contributed by atoms with E-state index in [0.29, 0.717) is 45.8 Å². The molecule has 0 bridgehead atoms. The molecule has 6 heteroatoms. The van der Waals surface area contributed by atoms with Gasteiger partial charge in [0, 0.05) is 23.2 Å². The lowest BCUT2D eigenvalue weighted by Gasteiger charge is -2.16. The Morgan fingerprint density at radius 3 is 2.59 bits per heavy atom. The highest BCUT2D eigenvalue weighted by Crippen LogP contribution is 2.29. The molecule has 27 heavy (non-hydrogen) atoms. The van der Waals surface area contributed by atoms with Crippen LogP contribution in [-0.2, 0) is 0 Å². The number of aryl methyl sites for hydroxylation is 1. The quantitative estimate of drug-likeness (QED) is 0.492. The summed E-state index contributed by atoms with van der Waals surface area (Å²) < 4.78 is 11.3. The second-order valence-corrected chi connectivity index (χ2v) is 6.87. The van der Waals surface area contributed by atoms with Crippen molar-refractivity contribution in [3.05, 3.63) is 59.4 Å². The Bertz CT molecular complexity index is 945. The Morgan fingerprint density at radius 2 is 1.93 bits per heavy atom. The molecular weight excluding hydrogens is 344 g/mol. The SMILES string of the molecule is Cc1oc2ccc(N)cc2c1C(=O)c1ccc(OCC(O)CN(C)C)cc1. The number of nitrogens with two attached hydrogens (primary N) is 1. The summed E-state index contributed by atoms with van der Waals surface area (Å²) in [6.45, 7) is 2.48. The van der Waals surface area contributed by atoms with E-state index in [0.717, 1.165) is 0 Å². The summed E-state index contributed by atoms with van der Waals surface area (Å²) in [6, 6.07) is 12.1. The second-order valence-electron chi connectivity index (χ2n) is 6.87. The summed E-state index contributed by atoms with van der Waals surface area (Å²) in [6.07, 6.45) is -0.577. The summed E-state index contributed by atoms with van der Waals surface area (Å²) in [4.78, 5) is 14.9. The molecule has 0 fully saturated rings. The summed E-state index contributed by atoms with van der Waals surface area (Å²) in [7, 11) is 3.78. The molecule has 1 heterocycles. The van der Waals surface area contributed by atoms with E-state index in [1.54, 1.807) is 49.4 Å². The van der Waals surface area contributed by atoms with Gasteiger partial charge in [0.15, 0.2) is 5.78 Å². The van der Waals surface area contributed by atoms with Gasteiger partial charge in [-0.2, -0.15) is 0 Å². The summed E-state index contributed by atoms with van der Waals surface area (Å²) in [5.74, 6) is 1.03. The number of ketones is 1. The van der Waals surface area contributed by atoms with Gasteiger partial charge in [-0.05, 0) is 63.5 Å². The maximum atomic E-state index is 13.0. The van der Waals surface area contributed by atoms with E-state index in [9.17, 15) is 9.90 Å². The number of carbonyl (C=O) groups excluding carboxylic acids is 1. The average molecular weight is 368 g/mol. The molecule has 3 aromatic rings. The van der Waals surface area contributed by atoms with Crippen molar-refractivity contribution in [1.29, 1.82) is 0 Å². The number of fused-ring (bicyclic) bond motifs is 1. The van der Waals surface area contributed by atoms with E-state index in [-0.39, 0.29) is 12.4 Å². The van der Waals surface area contributed by atoms with Crippen LogP contribution in [0.4, 0.5) is 5.69 Å². The van der Waals surface area contributed by atoms with Gasteiger partial charge in [0.1, 0.15) is 29.8 Å². The zero-order valence-corrected chi connectivity index (χ0v) is 15.7. The fourth-order valence-corrected chi connectivity index (χ4v) is 3.03. The van der Waals surface area contributed by atoms with E-state index < -0.39 is 6.10 Å². The summed E-state index contributed by atoms with van der Waals surface area (Å²) in [5, 5.41) is 10.6. The Hall–Kier alpha value is -2.83. The van der Waals surface area contributed by atoms with Crippen molar-refractivity contribution in [2.75, 3.05) is 33.0 Å². The van der Waals surface area contributed by atoms with Crippen molar-refractivity contribution in [3.8, 4) is 5.75 Å². The summed E-state index contributed by atoms with van der Waals surface area (Å²) in [5.41, 5.74) is 8.13. The predicted molar refractivity (Wildman–Crippen MR) is 105 cm³/mol. The number of ether oxygens (including phenoxy) is 1. The number of nitrogen functional groups attached to an aromatic ring is 1. The maximum absolute atomic E-state index is 13.0. The highest BCUT2D eigenvalue weighted by molar-refractivity contribution is 6.17. The van der Waals surface area contributed by atoms with Gasteiger partial charge in [0.25, 0.3) is 0 Å². The Labute approximate surface area is 158 Å². The highest BCUT2D eigenvalue weighted by Gasteiger charge is 2.20. The van der Waals surface area contributed by atoms with E-state index in [1.807, 2.05) is 19.0 Å². The topological polar surface area (TPSA) is 88.9 Å². The van der Waals surface area contributed by atoms with Gasteiger partial charge in [-0.25, -0.2) is 0 Å². The molecule has 3 rings (SSSR count). The molecule has 3 N–H and O–H groups in total. The lowest BCUT2D eigenvalue weighted by atomic mass is 10.00. The number of carbonyl (C=O) groups is 1. The standard InChI is InChI=1S/C21H24N2O4/c1-13-20(18-10-15(22)6-9-19(18)27-13)21(25)14-4-7-17(8-5-14)26-12-16(24)11-23(2)3/h4-10,16,24H,11-12,22H2,1-3H3. The number of benzene rings is 2. The molecule has 0 aliphatic heterocycles. The van der Waals surface area contributed by atoms with Crippen molar-refractivity contribution in [1.82, 2.24) is 4.90 Å². The Balaban J connectivity index is 1.77. The molecule has 1 atom stereocenters. The fourth-order valence-electron chi connectivity index (χ4n) is 3.03. The van der Waals surface area contributed by atoms with Crippen molar-refractivity contribution >= 4 is 22.4 Å². The van der Waals surface area contributed by atoms with Gasteiger partial charge in [-0.15, -0.1) is 0 Å². The molecule has 0 radical (unpaired) electrons. The first-order chi connectivity index (χ1) is 12.8. The number of hydrogen-bond acceptors (Lipinski definition) is 6. The van der Waals surface area contributed by atoms with Crippen LogP contribution in [0.15, 0.2) is 46.9 Å². The van der Waals surface area contributed by atoms with Crippen LogP contribution in [0.25, 0.3) is 11.0 Å². The minimum absolute atomic E-state index is 0.129. The van der Waals surface area contributed by atoms with Crippen LogP contribution in [0.1, 0.15) is 21.7 Å². The van der Waals surface area contributed by atoms with E-state index in [2.05, 4.69) is 0 Å². The minimum Gasteiger partial charge on any atom is -0.491 e. The molecule has 0 aliphatic carbocycles. The number of rotatable bonds is 7. The Kier molecular flexibility index (Phi) is 5.48. The van der Waals surface area contributed by atoms with E-state index in [4.69, 9.17) is 14.9 Å². The normalized spacial score (nSPS) is 12.5. The molecule has 0 spiro atoms. The molecule has 0 saturated heterocycles. The molecule has 0 amide bonds. The number of aliphatic hydroxyl groups is 1. The van der Waals surface area contributed by atoms with Gasteiger partial charge in [-0.1, -0.05) is 0 Å². The smallest absolute Gasteiger partial charge is 0.197 e. The van der Waals surface area contributed by atoms with Gasteiger partial charge in [0.05, 0.1) is 5.56 Å². The van der Waals surface area contributed by atoms with Gasteiger partial charge in [-0.3, -0.25) is 4.79 Å². The third-order valence-electron chi connectivity index (χ3n) is 4.25. The predicted octanol–water partition coefficient (Wildman–Crippen LogP) is 2.86. The molecule has 2 aromatic carbocycles. The van der Waals surface area contributed by atoms with Crippen LogP contribution in [0.5, 0.6) is 5.75 Å². The molecular formula is C21H24N2O4. The van der Waals surface area contributed by atoms with Crippen LogP contribution in [0, 0.1) is 6.92 Å². The number of anilines is 1. The number of aliphatic hydroxyl groups excluding tert-OH is 1. The van der Waals surface area contributed by atoms with Crippen molar-refractivity contribution < 1.29 is 19.1 Å². The van der Waals surface area contributed by atoms with Gasteiger partial charge >= 0.3 is 0 Å². The Morgan fingerprint density at radius 1 is 1.22 bits per heavy atom. The molecule has 1 aromatic heterocycles. The van der Waals surface area contributed by atoms with E-state index >= 15 is 0 Å². The average Bonchev–Trinajstić information content (AvgIpc) is 2.94. The third-order valence-corrected chi connectivity index (χ3v) is 4.25. The highest BCUT2D eigenvalue weighted by atomic mass is 16.5. The zero-order chi connectivity index (χ0) is 19.6. The first-order valence-corrected chi connectivity index (χ1v) is 8.74. The van der Waals surface area contributed by atoms with Crippen LogP contribution in [0.3, 0.4) is 0 Å². The lowest BCUT2D eigenvalue weighted by Crippen LogP contribution is -2.30. The first kappa shape index (κ1) is 18.9. The molecule has 0 aliphatic rings. The van der Waals surface area contributed by atoms with Crippen LogP contribution >= 0.6 is 0 Å². The maximum Gasteiger partial charge on any atom is 0.197 e. The van der Waals surface area contributed by atoms with Crippen LogP contribution in [0.2, 0.25) is 0 Å². The van der Waals surface area contributed by atoms with Gasteiger partial charge < -0.3 is 24.9 Å². The number of hydrogen-bond donors (Lipinski definition) is 2. The van der Waals surface area contributed by atoms with Crippen LogP contribution < -0.4 is 10.5 Å². The first-order valence-electron chi connectivity index (χ1n) is 8.74. The van der Waals surface area contributed by atoms with Crippen molar-refractivity contribution in [2.45, 2.75) is 13.0 Å². The monoisotopic (exact) mass is 368 g/mol. The molecule has 6 nitrogen and oxygen atoms in total. The molecule has 142 valence electrons. The van der Waals surface area contributed by atoms with Crippen molar-refractivity contribution in [2.24, 2.45) is 0 Å². The minimum atomic E-state index is -0.577. The van der Waals surface area contributed by atoms with Crippen molar-refractivity contribution in [3.63, 3.8) is 0 Å².